The second-order valence-electron chi connectivity index (χ2n) is 4.69. The van der Waals surface area contributed by atoms with Gasteiger partial charge in [-0.05, 0) is 31.2 Å². The van der Waals surface area contributed by atoms with Crippen molar-refractivity contribution in [3.05, 3.63) is 24.5 Å². The second kappa shape index (κ2) is 4.42. The fourth-order valence-electron chi connectivity index (χ4n) is 2.40. The van der Waals surface area contributed by atoms with Gasteiger partial charge >= 0.3 is 0 Å². The van der Waals surface area contributed by atoms with Crippen LogP contribution in [0.3, 0.4) is 0 Å². The van der Waals surface area contributed by atoms with Crippen molar-refractivity contribution in [2.45, 2.75) is 6.42 Å². The van der Waals surface area contributed by atoms with Crippen molar-refractivity contribution in [2.24, 2.45) is 5.92 Å². The van der Waals surface area contributed by atoms with Crippen LogP contribution in [0.15, 0.2) is 24.5 Å². The summed E-state index contributed by atoms with van der Waals surface area (Å²) in [5.74, 6) is 0.284. The molecule has 5 heteroatoms. The van der Waals surface area contributed by atoms with Crippen LogP contribution in [0.2, 0.25) is 0 Å². The van der Waals surface area contributed by atoms with Gasteiger partial charge in [-0.25, -0.2) is 4.98 Å². The molecule has 0 radical (unpaired) electrons. The van der Waals surface area contributed by atoms with E-state index in [1.54, 1.807) is 11.2 Å². The molecule has 2 aromatic rings. The highest BCUT2D eigenvalue weighted by atomic mass is 16.2. The van der Waals surface area contributed by atoms with Crippen LogP contribution in [0.5, 0.6) is 0 Å². The van der Waals surface area contributed by atoms with E-state index in [1.165, 1.54) is 0 Å². The van der Waals surface area contributed by atoms with E-state index in [4.69, 9.17) is 0 Å². The van der Waals surface area contributed by atoms with E-state index in [2.05, 4.69) is 15.3 Å². The molecule has 5 nitrogen and oxygen atoms in total. The second-order valence-corrected chi connectivity index (χ2v) is 4.69. The number of anilines is 1. The van der Waals surface area contributed by atoms with Gasteiger partial charge in [-0.1, -0.05) is 0 Å². The smallest absolute Gasteiger partial charge is 0.231 e. The lowest BCUT2D eigenvalue weighted by atomic mass is 10.1. The van der Waals surface area contributed by atoms with Crippen molar-refractivity contribution in [3.8, 4) is 0 Å². The molecule has 3 rings (SSSR count). The third kappa shape index (κ3) is 1.86. The summed E-state index contributed by atoms with van der Waals surface area (Å²) in [6, 6.07) is 5.82. The molecular formula is C13H16N4O. The van der Waals surface area contributed by atoms with E-state index in [-0.39, 0.29) is 11.8 Å². The molecule has 0 saturated carbocycles. The molecule has 1 unspecified atom stereocenters. The first kappa shape index (κ1) is 11.2. The average molecular weight is 244 g/mol. The van der Waals surface area contributed by atoms with Crippen LogP contribution < -0.4 is 10.2 Å². The first-order valence-electron chi connectivity index (χ1n) is 6.17. The number of amides is 1. The minimum absolute atomic E-state index is 0.104. The highest BCUT2D eigenvalue weighted by molar-refractivity contribution is 5.96. The number of H-pyrrole nitrogens is 1. The summed E-state index contributed by atoms with van der Waals surface area (Å²) in [4.78, 5) is 21.2. The number of benzene rings is 1. The van der Waals surface area contributed by atoms with E-state index in [0.29, 0.717) is 0 Å². The Morgan fingerprint density at radius 1 is 1.50 bits per heavy atom. The summed E-state index contributed by atoms with van der Waals surface area (Å²) in [5.41, 5.74) is 2.78. The summed E-state index contributed by atoms with van der Waals surface area (Å²) >= 11 is 0. The zero-order valence-corrected chi connectivity index (χ0v) is 10.3. The van der Waals surface area contributed by atoms with Crippen LogP contribution >= 0.6 is 0 Å². The van der Waals surface area contributed by atoms with E-state index in [0.717, 1.165) is 36.2 Å². The minimum Gasteiger partial charge on any atom is -0.345 e. The normalized spacial score (nSPS) is 19.3. The Balaban J connectivity index is 1.85. The first-order chi connectivity index (χ1) is 8.75. The Bertz CT molecular complexity index is 571. The molecule has 1 aromatic carbocycles. The quantitative estimate of drug-likeness (QED) is 0.832. The molecule has 94 valence electrons. The van der Waals surface area contributed by atoms with E-state index in [9.17, 15) is 4.79 Å². The topological polar surface area (TPSA) is 61.0 Å². The molecule has 18 heavy (non-hydrogen) atoms. The highest BCUT2D eigenvalue weighted by Crippen LogP contribution is 2.21. The van der Waals surface area contributed by atoms with Crippen molar-refractivity contribution >= 4 is 22.6 Å². The van der Waals surface area contributed by atoms with Gasteiger partial charge in [0.2, 0.25) is 5.91 Å². The van der Waals surface area contributed by atoms with Crippen LogP contribution in [0.1, 0.15) is 6.42 Å². The number of nitrogens with one attached hydrogen (secondary N) is 2. The average Bonchev–Trinajstić information content (AvgIpc) is 3.06. The van der Waals surface area contributed by atoms with Gasteiger partial charge in [0, 0.05) is 19.3 Å². The summed E-state index contributed by atoms with van der Waals surface area (Å²) in [6.45, 7) is 1.72. The number of aromatic nitrogens is 2. The zero-order chi connectivity index (χ0) is 12.5. The Labute approximate surface area is 105 Å². The molecule has 1 saturated heterocycles. The monoisotopic (exact) mass is 244 g/mol. The van der Waals surface area contributed by atoms with Crippen molar-refractivity contribution < 1.29 is 4.79 Å². The number of aromatic amines is 1. The number of hydrogen-bond donors (Lipinski definition) is 2. The van der Waals surface area contributed by atoms with E-state index < -0.39 is 0 Å². The molecular weight excluding hydrogens is 228 g/mol. The molecule has 0 spiro atoms. The number of rotatable bonds is 2. The van der Waals surface area contributed by atoms with E-state index >= 15 is 0 Å². The summed E-state index contributed by atoms with van der Waals surface area (Å²) in [7, 11) is 1.83. The van der Waals surface area contributed by atoms with Crippen molar-refractivity contribution in [3.63, 3.8) is 0 Å². The van der Waals surface area contributed by atoms with Crippen LogP contribution in [-0.4, -0.2) is 36.0 Å². The lowest BCUT2D eigenvalue weighted by Gasteiger charge is -2.20. The molecule has 1 aromatic heterocycles. The SMILES string of the molecule is CN(C(=O)C1CCNC1)c1ccc2nc[nH]c2c1. The van der Waals surface area contributed by atoms with Crippen molar-refractivity contribution in [1.29, 1.82) is 0 Å². The van der Waals surface area contributed by atoms with E-state index in [1.807, 2.05) is 25.2 Å². The maximum atomic E-state index is 12.3. The molecule has 1 atom stereocenters. The number of carbonyl (C=O) groups is 1. The molecule has 1 fully saturated rings. The minimum atomic E-state index is 0.104. The molecule has 1 amide bonds. The number of carbonyl (C=O) groups excluding carboxylic acids is 1. The Hall–Kier alpha value is -1.88. The molecule has 2 N–H and O–H groups in total. The van der Waals surface area contributed by atoms with Gasteiger partial charge in [0.05, 0.1) is 23.3 Å². The van der Waals surface area contributed by atoms with Gasteiger partial charge in [-0.15, -0.1) is 0 Å². The lowest BCUT2D eigenvalue weighted by molar-refractivity contribution is -0.121. The van der Waals surface area contributed by atoms with Gasteiger partial charge in [0.25, 0.3) is 0 Å². The Morgan fingerprint density at radius 2 is 2.39 bits per heavy atom. The van der Waals surface area contributed by atoms with Gasteiger partial charge < -0.3 is 15.2 Å². The van der Waals surface area contributed by atoms with Crippen molar-refractivity contribution in [2.75, 3.05) is 25.0 Å². The zero-order valence-electron chi connectivity index (χ0n) is 10.3. The maximum Gasteiger partial charge on any atom is 0.231 e. The van der Waals surface area contributed by atoms with Gasteiger partial charge in [0.1, 0.15) is 0 Å². The molecule has 1 aliphatic rings. The Morgan fingerprint density at radius 3 is 3.17 bits per heavy atom. The first-order valence-corrected chi connectivity index (χ1v) is 6.17. The Kier molecular flexibility index (Phi) is 2.76. The third-order valence-electron chi connectivity index (χ3n) is 3.53. The number of fused-ring (bicyclic) bond motifs is 1. The maximum absolute atomic E-state index is 12.3. The van der Waals surface area contributed by atoms with Crippen molar-refractivity contribution in [1.82, 2.24) is 15.3 Å². The fraction of sp³-hybridized carbons (Fsp3) is 0.385. The largest absolute Gasteiger partial charge is 0.345 e. The lowest BCUT2D eigenvalue weighted by Crippen LogP contribution is -2.33. The number of imidazole rings is 1. The molecule has 2 heterocycles. The molecule has 1 aliphatic heterocycles. The van der Waals surface area contributed by atoms with Crippen LogP contribution in [0, 0.1) is 5.92 Å². The van der Waals surface area contributed by atoms with Gasteiger partial charge in [-0.3, -0.25) is 4.79 Å². The van der Waals surface area contributed by atoms with Gasteiger partial charge in [0.15, 0.2) is 0 Å². The van der Waals surface area contributed by atoms with Gasteiger partial charge in [-0.2, -0.15) is 0 Å². The summed E-state index contributed by atoms with van der Waals surface area (Å²) < 4.78 is 0. The number of hydrogen-bond acceptors (Lipinski definition) is 3. The standard InChI is InChI=1S/C13H16N4O/c1-17(13(18)9-4-5-14-7-9)10-2-3-11-12(6-10)16-8-15-11/h2-3,6,8-9,14H,4-5,7H2,1H3,(H,15,16). The third-order valence-corrected chi connectivity index (χ3v) is 3.53. The fourth-order valence-corrected chi connectivity index (χ4v) is 2.40. The number of nitrogens with zero attached hydrogens (tertiary/aromatic N) is 2. The summed E-state index contributed by atoms with van der Waals surface area (Å²) in [5, 5.41) is 3.22. The highest BCUT2D eigenvalue weighted by Gasteiger charge is 2.25. The van der Waals surface area contributed by atoms with Crippen LogP contribution in [0.25, 0.3) is 11.0 Å². The van der Waals surface area contributed by atoms with Crippen LogP contribution in [-0.2, 0) is 4.79 Å². The predicted molar refractivity (Wildman–Crippen MR) is 70.5 cm³/mol. The molecule has 0 bridgehead atoms. The summed E-state index contributed by atoms with van der Waals surface area (Å²) in [6.07, 6.45) is 2.59. The van der Waals surface area contributed by atoms with Crippen LogP contribution in [0.4, 0.5) is 5.69 Å². The molecule has 0 aliphatic carbocycles. The predicted octanol–water partition coefficient (Wildman–Crippen LogP) is 1.14.